The smallest absolute Gasteiger partial charge is 0.118 e. The number of rotatable bonds is 6. The topological polar surface area (TPSA) is 18.5 Å². The lowest BCUT2D eigenvalue weighted by atomic mass is 9.97. The van der Waals surface area contributed by atoms with Crippen LogP contribution in [0.5, 0.6) is 5.75 Å². The van der Waals surface area contributed by atoms with Crippen LogP contribution >= 0.6 is 0 Å². The molecule has 2 aromatic rings. The fraction of sp³-hybridized carbons (Fsp3) is 0.304. The van der Waals surface area contributed by atoms with Gasteiger partial charge in [-0.25, -0.2) is 0 Å². The van der Waals surface area contributed by atoms with Crippen LogP contribution in [0.2, 0.25) is 0 Å². The summed E-state index contributed by atoms with van der Waals surface area (Å²) in [5.74, 6) is 0.904. The second kappa shape index (κ2) is 8.68. The maximum atomic E-state index is 5.92. The summed E-state index contributed by atoms with van der Waals surface area (Å²) in [6, 6.07) is 18.7. The summed E-state index contributed by atoms with van der Waals surface area (Å²) < 4.78 is 11.2. The van der Waals surface area contributed by atoms with Gasteiger partial charge in [0.2, 0.25) is 0 Å². The first-order chi connectivity index (χ1) is 12.3. The Bertz CT molecular complexity index is 739. The van der Waals surface area contributed by atoms with Gasteiger partial charge in [-0.3, -0.25) is 0 Å². The molecule has 0 spiro atoms. The summed E-state index contributed by atoms with van der Waals surface area (Å²) in [4.78, 5) is 0. The number of ether oxygens (including phenoxy) is 2. The van der Waals surface area contributed by atoms with Gasteiger partial charge in [-0.2, -0.15) is 0 Å². The van der Waals surface area contributed by atoms with Crippen LogP contribution in [-0.2, 0) is 11.3 Å². The SMILES string of the molecule is COc1ccc(C2=C(C)CCC(COCc3ccccc3)=CC2)cc1. The van der Waals surface area contributed by atoms with Crippen molar-refractivity contribution in [1.29, 1.82) is 0 Å². The van der Waals surface area contributed by atoms with Crippen molar-refractivity contribution in [1.82, 2.24) is 0 Å². The van der Waals surface area contributed by atoms with E-state index in [9.17, 15) is 0 Å². The van der Waals surface area contributed by atoms with Gasteiger partial charge < -0.3 is 9.47 Å². The van der Waals surface area contributed by atoms with Gasteiger partial charge in [-0.1, -0.05) is 54.1 Å². The van der Waals surface area contributed by atoms with Crippen molar-refractivity contribution in [2.75, 3.05) is 13.7 Å². The summed E-state index contributed by atoms with van der Waals surface area (Å²) in [5, 5.41) is 0. The van der Waals surface area contributed by atoms with E-state index in [1.807, 2.05) is 18.2 Å². The Balaban J connectivity index is 1.60. The van der Waals surface area contributed by atoms with Crippen molar-refractivity contribution >= 4 is 5.57 Å². The number of hydrogen-bond acceptors (Lipinski definition) is 2. The van der Waals surface area contributed by atoms with Gasteiger partial charge in [-0.15, -0.1) is 0 Å². The Labute approximate surface area is 150 Å². The van der Waals surface area contributed by atoms with E-state index in [2.05, 4.69) is 49.4 Å². The van der Waals surface area contributed by atoms with E-state index < -0.39 is 0 Å². The third kappa shape index (κ3) is 4.83. The summed E-state index contributed by atoms with van der Waals surface area (Å²) in [5.41, 5.74) is 6.82. The second-order valence-electron chi connectivity index (χ2n) is 6.53. The lowest BCUT2D eigenvalue weighted by Gasteiger charge is -2.09. The zero-order valence-electron chi connectivity index (χ0n) is 15.1. The van der Waals surface area contributed by atoms with Crippen LogP contribution in [0.3, 0.4) is 0 Å². The largest absolute Gasteiger partial charge is 0.497 e. The summed E-state index contributed by atoms with van der Waals surface area (Å²) in [7, 11) is 1.70. The van der Waals surface area contributed by atoms with Crippen molar-refractivity contribution < 1.29 is 9.47 Å². The molecule has 0 aromatic heterocycles. The van der Waals surface area contributed by atoms with Crippen LogP contribution in [0.4, 0.5) is 0 Å². The molecule has 1 aliphatic carbocycles. The average Bonchev–Trinajstić information content (AvgIpc) is 2.84. The molecule has 2 heteroatoms. The molecule has 3 rings (SSSR count). The van der Waals surface area contributed by atoms with Crippen molar-refractivity contribution in [3.8, 4) is 5.75 Å². The van der Waals surface area contributed by atoms with E-state index in [0.717, 1.165) is 31.6 Å². The van der Waals surface area contributed by atoms with Gasteiger partial charge in [0.1, 0.15) is 5.75 Å². The van der Waals surface area contributed by atoms with E-state index >= 15 is 0 Å². The van der Waals surface area contributed by atoms with Crippen LogP contribution in [0.15, 0.2) is 71.8 Å². The van der Waals surface area contributed by atoms with Crippen LogP contribution in [0.1, 0.15) is 37.3 Å². The molecule has 0 atom stereocenters. The summed E-state index contributed by atoms with van der Waals surface area (Å²) in [6.07, 6.45) is 5.51. The molecule has 0 bridgehead atoms. The molecule has 0 saturated carbocycles. The standard InChI is InChI=1S/C23H26O2/c1-18-8-9-20(17-25-16-19-6-4-3-5-7-19)10-15-23(18)21-11-13-22(24-2)14-12-21/h3-7,10-14H,8-9,15-17H2,1-2H3. The number of benzene rings is 2. The molecule has 0 unspecified atom stereocenters. The zero-order valence-corrected chi connectivity index (χ0v) is 15.1. The lowest BCUT2D eigenvalue weighted by molar-refractivity contribution is 0.140. The van der Waals surface area contributed by atoms with Crippen molar-refractivity contribution in [2.45, 2.75) is 32.8 Å². The van der Waals surface area contributed by atoms with Crippen molar-refractivity contribution in [3.63, 3.8) is 0 Å². The molecule has 0 radical (unpaired) electrons. The minimum Gasteiger partial charge on any atom is -0.497 e. The van der Waals surface area contributed by atoms with Gasteiger partial charge in [0, 0.05) is 0 Å². The van der Waals surface area contributed by atoms with Gasteiger partial charge in [0.25, 0.3) is 0 Å². The molecule has 0 N–H and O–H groups in total. The minimum absolute atomic E-state index is 0.677. The molecule has 0 amide bonds. The van der Waals surface area contributed by atoms with Crippen LogP contribution in [0.25, 0.3) is 5.57 Å². The van der Waals surface area contributed by atoms with E-state index in [0.29, 0.717) is 6.61 Å². The highest BCUT2D eigenvalue weighted by molar-refractivity contribution is 5.70. The van der Waals surface area contributed by atoms with E-state index in [1.54, 1.807) is 7.11 Å². The Morgan fingerprint density at radius 3 is 2.36 bits per heavy atom. The molecule has 2 nitrogen and oxygen atoms in total. The predicted molar refractivity (Wildman–Crippen MR) is 104 cm³/mol. The average molecular weight is 334 g/mol. The Morgan fingerprint density at radius 1 is 0.880 bits per heavy atom. The Morgan fingerprint density at radius 2 is 1.64 bits per heavy atom. The highest BCUT2D eigenvalue weighted by Gasteiger charge is 2.11. The fourth-order valence-electron chi connectivity index (χ4n) is 3.18. The number of hydrogen-bond donors (Lipinski definition) is 0. The van der Waals surface area contributed by atoms with Gasteiger partial charge >= 0.3 is 0 Å². The second-order valence-corrected chi connectivity index (χ2v) is 6.53. The summed E-state index contributed by atoms with van der Waals surface area (Å²) in [6.45, 7) is 3.65. The maximum absolute atomic E-state index is 5.92. The molecule has 2 aromatic carbocycles. The van der Waals surface area contributed by atoms with Crippen molar-refractivity contribution in [2.24, 2.45) is 0 Å². The molecule has 25 heavy (non-hydrogen) atoms. The van der Waals surface area contributed by atoms with Gasteiger partial charge in [0.05, 0.1) is 20.3 Å². The highest BCUT2D eigenvalue weighted by atomic mass is 16.5. The van der Waals surface area contributed by atoms with E-state index in [-0.39, 0.29) is 0 Å². The molecule has 130 valence electrons. The van der Waals surface area contributed by atoms with Crippen LogP contribution in [-0.4, -0.2) is 13.7 Å². The van der Waals surface area contributed by atoms with Gasteiger partial charge in [0.15, 0.2) is 0 Å². The molecule has 1 aliphatic rings. The van der Waals surface area contributed by atoms with Crippen LogP contribution in [0, 0.1) is 0 Å². The lowest BCUT2D eigenvalue weighted by Crippen LogP contribution is -1.99. The molecule has 0 fully saturated rings. The fourth-order valence-corrected chi connectivity index (χ4v) is 3.18. The first-order valence-electron chi connectivity index (χ1n) is 8.89. The minimum atomic E-state index is 0.677. The summed E-state index contributed by atoms with van der Waals surface area (Å²) >= 11 is 0. The Hall–Kier alpha value is -2.32. The quantitative estimate of drug-likeness (QED) is 0.622. The van der Waals surface area contributed by atoms with Crippen molar-refractivity contribution in [3.05, 3.63) is 82.9 Å². The third-order valence-corrected chi connectivity index (χ3v) is 4.77. The highest BCUT2D eigenvalue weighted by Crippen LogP contribution is 2.31. The molecule has 0 saturated heterocycles. The van der Waals surface area contributed by atoms with E-state index in [1.165, 1.54) is 27.8 Å². The zero-order chi connectivity index (χ0) is 17.5. The molecule has 0 aliphatic heterocycles. The Kier molecular flexibility index (Phi) is 6.08. The number of allylic oxidation sites excluding steroid dienone is 3. The normalized spacial score (nSPS) is 14.9. The van der Waals surface area contributed by atoms with E-state index in [4.69, 9.17) is 9.47 Å². The molecule has 0 heterocycles. The first kappa shape index (κ1) is 17.5. The molecular weight excluding hydrogens is 308 g/mol. The molecular formula is C23H26O2. The first-order valence-corrected chi connectivity index (χ1v) is 8.89. The maximum Gasteiger partial charge on any atom is 0.118 e. The van der Waals surface area contributed by atoms with Gasteiger partial charge in [-0.05, 0) is 60.6 Å². The third-order valence-electron chi connectivity index (χ3n) is 4.77. The predicted octanol–water partition coefficient (Wildman–Crippen LogP) is 5.80. The van der Waals surface area contributed by atoms with Crippen LogP contribution < -0.4 is 4.74 Å². The number of methoxy groups -OCH3 is 1. The monoisotopic (exact) mass is 334 g/mol.